The lowest BCUT2D eigenvalue weighted by Crippen LogP contribution is -2.56. The van der Waals surface area contributed by atoms with Crippen LogP contribution in [0, 0.1) is 0 Å². The molecule has 0 spiro atoms. The monoisotopic (exact) mass is 299 g/mol. The normalized spacial score (nSPS) is 22.5. The van der Waals surface area contributed by atoms with Gasteiger partial charge in [0.1, 0.15) is 5.60 Å². The van der Waals surface area contributed by atoms with E-state index in [9.17, 15) is 9.59 Å². The van der Waals surface area contributed by atoms with Gasteiger partial charge in [0.05, 0.1) is 18.6 Å². The van der Waals surface area contributed by atoms with Crippen LogP contribution in [0.1, 0.15) is 53.4 Å². The molecule has 0 radical (unpaired) electrons. The van der Waals surface area contributed by atoms with Crippen LogP contribution in [0.2, 0.25) is 0 Å². The summed E-state index contributed by atoms with van der Waals surface area (Å²) in [6.07, 6.45) is 3.44. The van der Waals surface area contributed by atoms with Crippen molar-refractivity contribution in [1.82, 2.24) is 10.2 Å². The lowest BCUT2D eigenvalue weighted by Gasteiger charge is -2.39. The molecule has 0 aliphatic heterocycles. The molecule has 0 saturated heterocycles. The third-order valence-corrected chi connectivity index (χ3v) is 3.67. The molecule has 0 bridgehead atoms. The third kappa shape index (κ3) is 5.53. The molecule has 0 unspecified atom stereocenters. The first kappa shape index (κ1) is 17.8. The van der Waals surface area contributed by atoms with E-state index in [4.69, 9.17) is 10.5 Å². The van der Waals surface area contributed by atoms with Crippen molar-refractivity contribution in [3.63, 3.8) is 0 Å². The zero-order valence-corrected chi connectivity index (χ0v) is 13.6. The van der Waals surface area contributed by atoms with Gasteiger partial charge in [-0.2, -0.15) is 0 Å². The summed E-state index contributed by atoms with van der Waals surface area (Å²) in [6.45, 7) is 8.05. The molecule has 2 amide bonds. The van der Waals surface area contributed by atoms with Gasteiger partial charge in [0.25, 0.3) is 0 Å². The van der Waals surface area contributed by atoms with Gasteiger partial charge in [0.2, 0.25) is 5.91 Å². The Balaban J connectivity index is 2.72. The van der Waals surface area contributed by atoms with E-state index in [0.717, 1.165) is 25.7 Å². The van der Waals surface area contributed by atoms with Crippen LogP contribution in [0.15, 0.2) is 0 Å². The van der Waals surface area contributed by atoms with Gasteiger partial charge in [-0.05, 0) is 40.5 Å². The fourth-order valence-corrected chi connectivity index (χ4v) is 2.82. The molecule has 1 aliphatic carbocycles. The second-order valence-corrected chi connectivity index (χ2v) is 6.49. The maximum atomic E-state index is 12.0. The van der Waals surface area contributed by atoms with E-state index < -0.39 is 11.7 Å². The molecule has 1 aliphatic rings. The first-order valence-electron chi connectivity index (χ1n) is 7.77. The maximum Gasteiger partial charge on any atom is 0.407 e. The Morgan fingerprint density at radius 1 is 1.29 bits per heavy atom. The third-order valence-electron chi connectivity index (χ3n) is 3.67. The van der Waals surface area contributed by atoms with E-state index in [1.807, 2.05) is 27.7 Å². The summed E-state index contributed by atoms with van der Waals surface area (Å²) in [6, 6.07) is -0.0589. The predicted molar refractivity (Wildman–Crippen MR) is 81.9 cm³/mol. The number of rotatable bonds is 4. The van der Waals surface area contributed by atoms with Crippen LogP contribution < -0.4 is 11.1 Å². The fraction of sp³-hybridized carbons (Fsp3) is 0.867. The number of nitrogens with two attached hydrogens (primary N) is 1. The Labute approximate surface area is 127 Å². The van der Waals surface area contributed by atoms with E-state index in [2.05, 4.69) is 5.32 Å². The van der Waals surface area contributed by atoms with E-state index in [-0.39, 0.29) is 24.5 Å². The summed E-state index contributed by atoms with van der Waals surface area (Å²) in [5.74, 6) is -0.0691. The number of alkyl carbamates (subject to hydrolysis) is 1. The highest BCUT2D eigenvalue weighted by Crippen LogP contribution is 2.24. The first-order valence-corrected chi connectivity index (χ1v) is 7.77. The van der Waals surface area contributed by atoms with Crippen LogP contribution in [-0.2, 0) is 9.53 Å². The Morgan fingerprint density at radius 2 is 1.90 bits per heavy atom. The highest BCUT2D eigenvalue weighted by Gasteiger charge is 2.33. The van der Waals surface area contributed by atoms with Gasteiger partial charge < -0.3 is 20.7 Å². The zero-order chi connectivity index (χ0) is 16.0. The van der Waals surface area contributed by atoms with Crippen molar-refractivity contribution in [2.24, 2.45) is 5.73 Å². The number of ether oxygens (including phenoxy) is 1. The topological polar surface area (TPSA) is 84.7 Å². The van der Waals surface area contributed by atoms with Crippen molar-refractivity contribution >= 4 is 12.0 Å². The van der Waals surface area contributed by atoms with Crippen molar-refractivity contribution in [2.45, 2.75) is 71.1 Å². The second-order valence-electron chi connectivity index (χ2n) is 6.49. The van der Waals surface area contributed by atoms with Crippen molar-refractivity contribution < 1.29 is 14.3 Å². The molecule has 1 saturated carbocycles. The number of carbonyl (C=O) groups excluding carboxylic acids is 2. The molecule has 2 atom stereocenters. The average molecular weight is 299 g/mol. The van der Waals surface area contributed by atoms with Crippen molar-refractivity contribution in [2.75, 3.05) is 13.1 Å². The van der Waals surface area contributed by atoms with Gasteiger partial charge in [-0.25, -0.2) is 4.79 Å². The highest BCUT2D eigenvalue weighted by molar-refractivity contribution is 5.78. The molecular weight excluding hydrogens is 270 g/mol. The summed E-state index contributed by atoms with van der Waals surface area (Å²) in [5.41, 5.74) is 4.96. The quantitative estimate of drug-likeness (QED) is 0.826. The SMILES string of the molecule is CCN(C(=O)CN)[C@@H]1CCCC[C@H]1NC(=O)OC(C)(C)C. The first-order chi connectivity index (χ1) is 9.78. The van der Waals surface area contributed by atoms with Crippen LogP contribution in [0.3, 0.4) is 0 Å². The minimum absolute atomic E-state index is 0.00347. The molecule has 1 fully saturated rings. The van der Waals surface area contributed by atoms with Gasteiger partial charge in [0, 0.05) is 6.54 Å². The van der Waals surface area contributed by atoms with Gasteiger partial charge in [-0.15, -0.1) is 0 Å². The lowest BCUT2D eigenvalue weighted by atomic mass is 9.89. The lowest BCUT2D eigenvalue weighted by molar-refractivity contribution is -0.133. The van der Waals surface area contributed by atoms with Gasteiger partial charge in [-0.1, -0.05) is 12.8 Å². The molecule has 0 heterocycles. The molecule has 0 aromatic heterocycles. The smallest absolute Gasteiger partial charge is 0.407 e. The Kier molecular flexibility index (Phi) is 6.45. The molecular formula is C15H29N3O3. The Morgan fingerprint density at radius 3 is 2.43 bits per heavy atom. The molecule has 0 aromatic carbocycles. The molecule has 3 N–H and O–H groups in total. The van der Waals surface area contributed by atoms with Gasteiger partial charge >= 0.3 is 6.09 Å². The van der Waals surface area contributed by atoms with Crippen LogP contribution in [0.4, 0.5) is 4.79 Å². The molecule has 6 nitrogen and oxygen atoms in total. The number of amides is 2. The summed E-state index contributed by atoms with van der Waals surface area (Å²) >= 11 is 0. The standard InChI is InChI=1S/C15H29N3O3/c1-5-18(13(19)10-16)12-9-7-6-8-11(12)17-14(20)21-15(2,3)4/h11-12H,5-10,16H2,1-4H3,(H,17,20)/t11-,12-/m1/s1. The van der Waals surface area contributed by atoms with Crippen LogP contribution in [0.25, 0.3) is 0 Å². The van der Waals surface area contributed by atoms with Crippen LogP contribution in [-0.4, -0.2) is 47.7 Å². The highest BCUT2D eigenvalue weighted by atomic mass is 16.6. The summed E-state index contributed by atoms with van der Waals surface area (Å²) < 4.78 is 5.31. The van der Waals surface area contributed by atoms with E-state index >= 15 is 0 Å². The zero-order valence-electron chi connectivity index (χ0n) is 13.6. The Bertz CT molecular complexity index is 366. The van der Waals surface area contributed by atoms with E-state index in [0.29, 0.717) is 6.54 Å². The molecule has 0 aromatic rings. The number of likely N-dealkylation sites (N-methyl/N-ethyl adjacent to an activating group) is 1. The summed E-state index contributed by atoms with van der Waals surface area (Å²) in [7, 11) is 0. The van der Waals surface area contributed by atoms with Gasteiger partial charge in [0.15, 0.2) is 0 Å². The van der Waals surface area contributed by atoms with Gasteiger partial charge in [-0.3, -0.25) is 4.79 Å². The van der Waals surface area contributed by atoms with Crippen LogP contribution >= 0.6 is 0 Å². The minimum Gasteiger partial charge on any atom is -0.444 e. The molecule has 21 heavy (non-hydrogen) atoms. The second kappa shape index (κ2) is 7.64. The van der Waals surface area contributed by atoms with Crippen molar-refractivity contribution in [1.29, 1.82) is 0 Å². The average Bonchev–Trinajstić information content (AvgIpc) is 2.39. The molecule has 1 rings (SSSR count). The minimum atomic E-state index is -0.522. The fourth-order valence-electron chi connectivity index (χ4n) is 2.82. The van der Waals surface area contributed by atoms with Crippen molar-refractivity contribution in [3.05, 3.63) is 0 Å². The maximum absolute atomic E-state index is 12.0. The van der Waals surface area contributed by atoms with Crippen molar-refractivity contribution in [3.8, 4) is 0 Å². The largest absolute Gasteiger partial charge is 0.444 e. The number of hydrogen-bond donors (Lipinski definition) is 2. The van der Waals surface area contributed by atoms with E-state index in [1.165, 1.54) is 0 Å². The Hall–Kier alpha value is -1.30. The molecule has 6 heteroatoms. The predicted octanol–water partition coefficient (Wildman–Crippen LogP) is 1.63. The summed E-state index contributed by atoms with van der Waals surface area (Å²) in [5, 5.41) is 2.92. The summed E-state index contributed by atoms with van der Waals surface area (Å²) in [4.78, 5) is 25.7. The number of nitrogens with one attached hydrogen (secondary N) is 1. The molecule has 122 valence electrons. The number of nitrogens with zero attached hydrogens (tertiary/aromatic N) is 1. The van der Waals surface area contributed by atoms with Crippen LogP contribution in [0.5, 0.6) is 0 Å². The number of carbonyl (C=O) groups is 2. The number of hydrogen-bond acceptors (Lipinski definition) is 4. The van der Waals surface area contributed by atoms with E-state index in [1.54, 1.807) is 4.90 Å².